The molecular formula is C22H18F3N3O2. The third kappa shape index (κ3) is 3.68. The maximum Gasteiger partial charge on any atom is 0.257 e. The molecule has 0 radical (unpaired) electrons. The first-order valence-electron chi connectivity index (χ1n) is 9.41. The number of benzene rings is 2. The smallest absolute Gasteiger partial charge is 0.257 e. The van der Waals surface area contributed by atoms with Crippen molar-refractivity contribution >= 4 is 11.8 Å². The molecule has 154 valence electrons. The van der Waals surface area contributed by atoms with Crippen molar-refractivity contribution in [1.29, 1.82) is 0 Å². The summed E-state index contributed by atoms with van der Waals surface area (Å²) in [7, 11) is 0. The van der Waals surface area contributed by atoms with Crippen LogP contribution in [0.3, 0.4) is 0 Å². The molecule has 2 heterocycles. The van der Waals surface area contributed by atoms with E-state index < -0.39 is 28.9 Å². The number of carbonyl (C=O) groups excluding carboxylic acids is 2. The Morgan fingerprint density at radius 2 is 1.27 bits per heavy atom. The fourth-order valence-corrected chi connectivity index (χ4v) is 3.44. The number of hydrogen-bond acceptors (Lipinski definition) is 2. The van der Waals surface area contributed by atoms with Crippen LogP contribution < -0.4 is 0 Å². The Kier molecular flexibility index (Phi) is 5.31. The fourth-order valence-electron chi connectivity index (χ4n) is 3.44. The third-order valence-corrected chi connectivity index (χ3v) is 5.14. The lowest BCUT2D eigenvalue weighted by Gasteiger charge is -2.35. The molecule has 2 aromatic carbocycles. The first-order valence-corrected chi connectivity index (χ1v) is 9.41. The van der Waals surface area contributed by atoms with E-state index in [0.717, 1.165) is 17.8 Å². The van der Waals surface area contributed by atoms with Crippen molar-refractivity contribution in [2.24, 2.45) is 0 Å². The molecule has 0 aliphatic carbocycles. The molecule has 4 rings (SSSR count). The summed E-state index contributed by atoms with van der Waals surface area (Å²) in [6.45, 7) is 0.860. The summed E-state index contributed by atoms with van der Waals surface area (Å²) in [6.07, 6.45) is 3.81. The zero-order valence-electron chi connectivity index (χ0n) is 15.9. The first-order chi connectivity index (χ1) is 14.5. The summed E-state index contributed by atoms with van der Waals surface area (Å²) >= 11 is 0. The van der Waals surface area contributed by atoms with E-state index >= 15 is 0 Å². The van der Waals surface area contributed by atoms with Crippen molar-refractivity contribution in [2.45, 2.75) is 0 Å². The van der Waals surface area contributed by atoms with Gasteiger partial charge in [0.2, 0.25) is 0 Å². The lowest BCUT2D eigenvalue weighted by molar-refractivity contribution is 0.0532. The van der Waals surface area contributed by atoms with E-state index in [1.165, 1.54) is 4.90 Å². The van der Waals surface area contributed by atoms with Crippen LogP contribution in [0.5, 0.6) is 0 Å². The van der Waals surface area contributed by atoms with Gasteiger partial charge >= 0.3 is 0 Å². The van der Waals surface area contributed by atoms with Gasteiger partial charge in [-0.1, -0.05) is 0 Å². The van der Waals surface area contributed by atoms with E-state index in [-0.39, 0.29) is 32.1 Å². The molecule has 1 saturated heterocycles. The Hall–Kier alpha value is -3.55. The highest BCUT2D eigenvalue weighted by Gasteiger charge is 2.28. The Morgan fingerprint density at radius 1 is 0.700 bits per heavy atom. The minimum absolute atomic E-state index is 0.167. The summed E-state index contributed by atoms with van der Waals surface area (Å²) < 4.78 is 42.3. The quantitative estimate of drug-likeness (QED) is 0.617. The van der Waals surface area contributed by atoms with E-state index in [4.69, 9.17) is 0 Å². The van der Waals surface area contributed by atoms with E-state index in [0.29, 0.717) is 5.56 Å². The van der Waals surface area contributed by atoms with Gasteiger partial charge in [-0.25, -0.2) is 13.2 Å². The molecule has 1 fully saturated rings. The van der Waals surface area contributed by atoms with Crippen LogP contribution in [0.2, 0.25) is 0 Å². The minimum Gasteiger partial charge on any atom is -0.335 e. The molecule has 8 heteroatoms. The van der Waals surface area contributed by atoms with Crippen LogP contribution in [0.1, 0.15) is 20.7 Å². The van der Waals surface area contributed by atoms with Crippen molar-refractivity contribution in [3.63, 3.8) is 0 Å². The van der Waals surface area contributed by atoms with Crippen molar-refractivity contribution in [3.05, 3.63) is 89.5 Å². The molecule has 1 aromatic heterocycles. The predicted molar refractivity (Wildman–Crippen MR) is 104 cm³/mol. The molecule has 1 aliphatic rings. The van der Waals surface area contributed by atoms with E-state index in [1.807, 2.05) is 41.2 Å². The number of carbonyl (C=O) groups is 2. The number of aromatic nitrogens is 1. The molecule has 2 amide bonds. The zero-order valence-corrected chi connectivity index (χ0v) is 15.9. The Bertz CT molecular complexity index is 1070. The van der Waals surface area contributed by atoms with Gasteiger partial charge in [-0.05, 0) is 48.5 Å². The minimum atomic E-state index is -1.67. The monoisotopic (exact) mass is 413 g/mol. The summed E-state index contributed by atoms with van der Waals surface area (Å²) in [5.41, 5.74) is 0.937. The Labute approximate surface area is 170 Å². The van der Waals surface area contributed by atoms with Gasteiger partial charge in [-0.2, -0.15) is 0 Å². The highest BCUT2D eigenvalue weighted by Crippen LogP contribution is 2.19. The van der Waals surface area contributed by atoms with Crippen LogP contribution in [0, 0.1) is 17.5 Å². The van der Waals surface area contributed by atoms with Gasteiger partial charge < -0.3 is 14.4 Å². The average molecular weight is 413 g/mol. The van der Waals surface area contributed by atoms with Crippen LogP contribution in [-0.2, 0) is 0 Å². The summed E-state index contributed by atoms with van der Waals surface area (Å²) in [5.74, 6) is -5.41. The molecular weight excluding hydrogens is 395 g/mol. The zero-order chi connectivity index (χ0) is 21.3. The molecule has 5 nitrogen and oxygen atoms in total. The number of nitrogens with zero attached hydrogens (tertiary/aromatic N) is 3. The van der Waals surface area contributed by atoms with Crippen LogP contribution in [0.4, 0.5) is 13.2 Å². The second-order valence-electron chi connectivity index (χ2n) is 6.94. The normalized spacial score (nSPS) is 14.1. The Morgan fingerprint density at radius 3 is 1.87 bits per heavy atom. The lowest BCUT2D eigenvalue weighted by Crippen LogP contribution is -2.50. The van der Waals surface area contributed by atoms with Gasteiger partial charge in [0.05, 0.1) is 5.56 Å². The van der Waals surface area contributed by atoms with Crippen molar-refractivity contribution in [1.82, 2.24) is 14.4 Å². The number of halogens is 3. The maximum atomic E-state index is 13.9. The molecule has 0 spiro atoms. The van der Waals surface area contributed by atoms with Crippen molar-refractivity contribution in [2.75, 3.05) is 26.2 Å². The van der Waals surface area contributed by atoms with Crippen LogP contribution >= 0.6 is 0 Å². The topological polar surface area (TPSA) is 45.6 Å². The molecule has 0 saturated carbocycles. The van der Waals surface area contributed by atoms with Gasteiger partial charge in [0, 0.05) is 49.8 Å². The van der Waals surface area contributed by atoms with Crippen LogP contribution in [0.25, 0.3) is 5.69 Å². The molecule has 0 N–H and O–H groups in total. The largest absolute Gasteiger partial charge is 0.335 e. The summed E-state index contributed by atoms with van der Waals surface area (Å²) in [4.78, 5) is 28.2. The number of piperazine rings is 1. The van der Waals surface area contributed by atoms with Crippen molar-refractivity contribution < 1.29 is 22.8 Å². The Balaban J connectivity index is 1.40. The molecule has 0 atom stereocenters. The van der Waals surface area contributed by atoms with E-state index in [1.54, 1.807) is 17.0 Å². The van der Waals surface area contributed by atoms with Gasteiger partial charge in [-0.3, -0.25) is 9.59 Å². The SMILES string of the molecule is O=C(c1ccc(-n2cccc2)cc1)N1CCN(C(=O)c2ccc(F)c(F)c2F)CC1. The van der Waals surface area contributed by atoms with Crippen LogP contribution in [0.15, 0.2) is 60.9 Å². The van der Waals surface area contributed by atoms with Gasteiger partial charge in [-0.15, -0.1) is 0 Å². The second-order valence-corrected chi connectivity index (χ2v) is 6.94. The molecule has 3 aromatic rings. The van der Waals surface area contributed by atoms with Crippen LogP contribution in [-0.4, -0.2) is 52.4 Å². The number of rotatable bonds is 3. The second kappa shape index (κ2) is 8.06. The van der Waals surface area contributed by atoms with Crippen molar-refractivity contribution in [3.8, 4) is 5.69 Å². The fraction of sp³-hybridized carbons (Fsp3) is 0.182. The van der Waals surface area contributed by atoms with Gasteiger partial charge in [0.1, 0.15) is 0 Å². The highest BCUT2D eigenvalue weighted by atomic mass is 19.2. The molecule has 1 aliphatic heterocycles. The highest BCUT2D eigenvalue weighted by molar-refractivity contribution is 5.96. The molecule has 30 heavy (non-hydrogen) atoms. The average Bonchev–Trinajstić information content (AvgIpc) is 3.32. The standard InChI is InChI=1S/C22H18F3N3O2/c23-18-8-7-17(19(24)20(18)25)22(30)28-13-11-27(12-14-28)21(29)15-3-5-16(6-4-15)26-9-1-2-10-26/h1-10H,11-14H2. The van der Waals surface area contributed by atoms with Gasteiger partial charge in [0.15, 0.2) is 17.5 Å². The molecule has 0 bridgehead atoms. The summed E-state index contributed by atoms with van der Waals surface area (Å²) in [5, 5.41) is 0. The van der Waals surface area contributed by atoms with E-state index in [9.17, 15) is 22.8 Å². The van der Waals surface area contributed by atoms with Gasteiger partial charge in [0.25, 0.3) is 11.8 Å². The predicted octanol–water partition coefficient (Wildman–Crippen LogP) is 3.49. The molecule has 0 unspecified atom stereocenters. The third-order valence-electron chi connectivity index (χ3n) is 5.14. The number of hydrogen-bond donors (Lipinski definition) is 0. The lowest BCUT2D eigenvalue weighted by atomic mass is 10.1. The summed E-state index contributed by atoms with van der Waals surface area (Å²) in [6, 6.07) is 12.6. The van der Waals surface area contributed by atoms with E-state index in [2.05, 4.69) is 0 Å². The maximum absolute atomic E-state index is 13.9. The number of amides is 2. The first kappa shape index (κ1) is 19.8.